The molecule has 1 aromatic carbocycles. The lowest BCUT2D eigenvalue weighted by Gasteiger charge is -2.35. The van der Waals surface area contributed by atoms with Crippen LogP contribution in [0, 0.1) is 0 Å². The van der Waals surface area contributed by atoms with Gasteiger partial charge in [-0.25, -0.2) is 0 Å². The number of nitrogens with one attached hydrogen (secondary N) is 1. The van der Waals surface area contributed by atoms with E-state index in [1.807, 2.05) is 0 Å². The monoisotopic (exact) mass is 359 g/mol. The van der Waals surface area contributed by atoms with Crippen molar-refractivity contribution >= 4 is 0 Å². The normalized spacial score (nSPS) is 11.8. The first-order chi connectivity index (χ1) is 12.7. The number of hydrogen-bond acceptors (Lipinski definition) is 1. The van der Waals surface area contributed by atoms with E-state index >= 15 is 0 Å². The lowest BCUT2D eigenvalue weighted by molar-refractivity contribution is 0.303. The molecule has 0 bridgehead atoms. The van der Waals surface area contributed by atoms with Crippen molar-refractivity contribution in [3.63, 3.8) is 0 Å². The number of rotatable bonds is 16. The smallest absolute Gasteiger partial charge is 0.0432 e. The fourth-order valence-electron chi connectivity index (χ4n) is 4.21. The van der Waals surface area contributed by atoms with Gasteiger partial charge in [0.15, 0.2) is 0 Å². The maximum atomic E-state index is 3.95. The van der Waals surface area contributed by atoms with Gasteiger partial charge >= 0.3 is 0 Å². The molecule has 0 fully saturated rings. The molecule has 1 aromatic rings. The summed E-state index contributed by atoms with van der Waals surface area (Å²) in [6, 6.07) is 9.03. The summed E-state index contributed by atoms with van der Waals surface area (Å²) < 4.78 is 0. The Morgan fingerprint density at radius 3 is 1.77 bits per heavy atom. The van der Waals surface area contributed by atoms with Gasteiger partial charge in [0.2, 0.25) is 0 Å². The van der Waals surface area contributed by atoms with Crippen LogP contribution in [-0.4, -0.2) is 6.54 Å². The van der Waals surface area contributed by atoms with Crippen molar-refractivity contribution in [1.82, 2.24) is 5.32 Å². The average molecular weight is 360 g/mol. The zero-order valence-electron chi connectivity index (χ0n) is 18.2. The quantitative estimate of drug-likeness (QED) is 0.297. The van der Waals surface area contributed by atoms with E-state index in [2.05, 4.69) is 57.3 Å². The fourth-order valence-corrected chi connectivity index (χ4v) is 4.21. The molecule has 0 saturated heterocycles. The van der Waals surface area contributed by atoms with E-state index in [0.717, 1.165) is 25.8 Å². The van der Waals surface area contributed by atoms with Gasteiger partial charge in [-0.05, 0) is 43.4 Å². The van der Waals surface area contributed by atoms with Crippen LogP contribution in [0.15, 0.2) is 24.3 Å². The predicted molar refractivity (Wildman–Crippen MR) is 118 cm³/mol. The zero-order valence-corrected chi connectivity index (χ0v) is 18.2. The van der Waals surface area contributed by atoms with E-state index in [4.69, 9.17) is 0 Å². The summed E-state index contributed by atoms with van der Waals surface area (Å²) in [5.74, 6) is 0. The largest absolute Gasteiger partial charge is 0.307 e. The molecule has 150 valence electrons. The second-order valence-corrected chi connectivity index (χ2v) is 7.91. The summed E-state index contributed by atoms with van der Waals surface area (Å²) in [6.07, 6.45) is 17.5. The Kier molecular flexibility index (Phi) is 12.7. The number of unbranched alkanes of at least 4 members (excludes halogenated alkanes) is 9. The lowest BCUT2D eigenvalue weighted by atomic mass is 9.81. The molecule has 0 aromatic heterocycles. The van der Waals surface area contributed by atoms with Crippen LogP contribution in [0.4, 0.5) is 0 Å². The molecule has 0 heterocycles. The van der Waals surface area contributed by atoms with Crippen LogP contribution in [0.5, 0.6) is 0 Å². The number of benzene rings is 1. The lowest BCUT2D eigenvalue weighted by Crippen LogP contribution is -2.42. The zero-order chi connectivity index (χ0) is 19.1. The topological polar surface area (TPSA) is 12.0 Å². The molecule has 1 N–H and O–H groups in total. The van der Waals surface area contributed by atoms with E-state index in [9.17, 15) is 0 Å². The first kappa shape index (κ1) is 23.2. The third-order valence-corrected chi connectivity index (χ3v) is 6.11. The highest BCUT2D eigenvalue weighted by Crippen LogP contribution is 2.31. The molecule has 0 spiro atoms. The Balaban J connectivity index is 2.30. The molecule has 1 heteroatoms. The highest BCUT2D eigenvalue weighted by molar-refractivity contribution is 5.34. The third kappa shape index (κ3) is 7.82. The van der Waals surface area contributed by atoms with Gasteiger partial charge in [0, 0.05) is 5.54 Å². The van der Waals surface area contributed by atoms with Crippen LogP contribution >= 0.6 is 0 Å². The Hall–Kier alpha value is -0.820. The summed E-state index contributed by atoms with van der Waals surface area (Å²) in [5, 5.41) is 3.95. The van der Waals surface area contributed by atoms with Crippen LogP contribution in [0.25, 0.3) is 0 Å². The number of aryl methyl sites for hydroxylation is 1. The second kappa shape index (κ2) is 14.3. The van der Waals surface area contributed by atoms with Crippen LogP contribution in [-0.2, 0) is 12.0 Å². The Bertz CT molecular complexity index is 447. The Labute approximate surface area is 164 Å². The predicted octanol–water partition coefficient (Wildman–Crippen LogP) is 7.77. The van der Waals surface area contributed by atoms with Gasteiger partial charge in [0.25, 0.3) is 0 Å². The van der Waals surface area contributed by atoms with Gasteiger partial charge in [0.05, 0.1) is 0 Å². The highest BCUT2D eigenvalue weighted by atomic mass is 15.0. The molecule has 0 unspecified atom stereocenters. The van der Waals surface area contributed by atoms with Crippen LogP contribution < -0.4 is 5.32 Å². The first-order valence-corrected chi connectivity index (χ1v) is 11.6. The van der Waals surface area contributed by atoms with Crippen LogP contribution in [0.2, 0.25) is 0 Å². The Morgan fingerprint density at radius 1 is 0.692 bits per heavy atom. The van der Waals surface area contributed by atoms with E-state index in [1.54, 1.807) is 0 Å². The summed E-state index contributed by atoms with van der Waals surface area (Å²) in [6.45, 7) is 10.4. The minimum Gasteiger partial charge on any atom is -0.307 e. The Morgan fingerprint density at radius 2 is 1.23 bits per heavy atom. The minimum absolute atomic E-state index is 0.159. The molecule has 0 radical (unpaired) electrons. The summed E-state index contributed by atoms with van der Waals surface area (Å²) in [5.41, 5.74) is 3.19. The van der Waals surface area contributed by atoms with Crippen molar-refractivity contribution < 1.29 is 0 Å². The van der Waals surface area contributed by atoms with Crippen LogP contribution in [0.3, 0.4) is 0 Å². The molecular weight excluding hydrogens is 314 g/mol. The third-order valence-electron chi connectivity index (χ3n) is 6.11. The molecule has 0 aliphatic carbocycles. The van der Waals surface area contributed by atoms with Gasteiger partial charge in [0.1, 0.15) is 0 Å². The first-order valence-electron chi connectivity index (χ1n) is 11.6. The second-order valence-electron chi connectivity index (χ2n) is 7.91. The van der Waals surface area contributed by atoms with Crippen molar-refractivity contribution in [1.29, 1.82) is 0 Å². The maximum Gasteiger partial charge on any atom is 0.0432 e. The van der Waals surface area contributed by atoms with Crippen molar-refractivity contribution in [2.45, 2.75) is 117 Å². The van der Waals surface area contributed by atoms with E-state index in [1.165, 1.54) is 75.3 Å². The molecular formula is C25H45N. The molecule has 0 atom stereocenters. The van der Waals surface area contributed by atoms with E-state index < -0.39 is 0 Å². The molecule has 0 amide bonds. The minimum atomic E-state index is 0.159. The molecule has 0 saturated carbocycles. The van der Waals surface area contributed by atoms with Gasteiger partial charge in [-0.15, -0.1) is 0 Å². The van der Waals surface area contributed by atoms with Crippen molar-refractivity contribution in [3.05, 3.63) is 35.4 Å². The molecule has 1 nitrogen and oxygen atoms in total. The SMILES string of the molecule is CCCCCCCCCCCCNC(CC)(CC)c1ccccc1CC. The highest BCUT2D eigenvalue weighted by Gasteiger charge is 2.29. The van der Waals surface area contributed by atoms with Crippen molar-refractivity contribution in [3.8, 4) is 0 Å². The van der Waals surface area contributed by atoms with E-state index in [0.29, 0.717) is 0 Å². The average Bonchev–Trinajstić information content (AvgIpc) is 2.69. The van der Waals surface area contributed by atoms with Crippen molar-refractivity contribution in [2.24, 2.45) is 0 Å². The van der Waals surface area contributed by atoms with Crippen molar-refractivity contribution in [2.75, 3.05) is 6.54 Å². The molecule has 0 aliphatic rings. The summed E-state index contributed by atoms with van der Waals surface area (Å²) in [4.78, 5) is 0. The van der Waals surface area contributed by atoms with Crippen LogP contribution in [0.1, 0.15) is 116 Å². The summed E-state index contributed by atoms with van der Waals surface area (Å²) >= 11 is 0. The number of hydrogen-bond donors (Lipinski definition) is 1. The van der Waals surface area contributed by atoms with Gasteiger partial charge in [-0.2, -0.15) is 0 Å². The van der Waals surface area contributed by atoms with Gasteiger partial charge in [-0.1, -0.05) is 110 Å². The van der Waals surface area contributed by atoms with Gasteiger partial charge in [-0.3, -0.25) is 0 Å². The molecule has 26 heavy (non-hydrogen) atoms. The fraction of sp³-hybridized carbons (Fsp3) is 0.760. The van der Waals surface area contributed by atoms with E-state index in [-0.39, 0.29) is 5.54 Å². The van der Waals surface area contributed by atoms with Gasteiger partial charge < -0.3 is 5.32 Å². The maximum absolute atomic E-state index is 3.95. The molecule has 0 aliphatic heterocycles. The standard InChI is InChI=1S/C25H45N/c1-5-9-10-11-12-13-14-15-16-19-22-26-25(7-3,8-4)24-21-18-17-20-23(24)6-2/h17-18,20-21,26H,5-16,19,22H2,1-4H3. The molecule has 1 rings (SSSR count). The summed E-state index contributed by atoms with van der Waals surface area (Å²) in [7, 11) is 0.